The lowest BCUT2D eigenvalue weighted by atomic mass is 9.95. The summed E-state index contributed by atoms with van der Waals surface area (Å²) in [6.45, 7) is 4.38. The lowest BCUT2D eigenvalue weighted by Gasteiger charge is -2.15. The molecule has 1 aromatic heterocycles. The summed E-state index contributed by atoms with van der Waals surface area (Å²) in [5.74, 6) is 0.238. The number of nitrogens with one attached hydrogen (secondary N) is 1. The van der Waals surface area contributed by atoms with Crippen LogP contribution in [0.1, 0.15) is 23.6 Å². The Morgan fingerprint density at radius 2 is 1.79 bits per heavy atom. The molecule has 3 aromatic carbocycles. The minimum absolute atomic E-state index is 0.0845. The summed E-state index contributed by atoms with van der Waals surface area (Å²) in [6, 6.07) is 16.0. The molecule has 0 aliphatic rings. The van der Waals surface area contributed by atoms with Crippen molar-refractivity contribution in [3.63, 3.8) is 0 Å². The Hall–Kier alpha value is -3.61. The van der Waals surface area contributed by atoms with E-state index in [9.17, 15) is 17.6 Å². The molecule has 0 aliphatic carbocycles. The zero-order valence-corrected chi connectivity index (χ0v) is 18.1. The van der Waals surface area contributed by atoms with E-state index in [-0.39, 0.29) is 17.9 Å². The van der Waals surface area contributed by atoms with E-state index in [0.29, 0.717) is 34.6 Å². The van der Waals surface area contributed by atoms with E-state index in [0.717, 1.165) is 17.2 Å². The van der Waals surface area contributed by atoms with Gasteiger partial charge in [-0.1, -0.05) is 24.3 Å². The van der Waals surface area contributed by atoms with Gasteiger partial charge >= 0.3 is 6.18 Å². The number of pyridine rings is 1. The molecule has 0 saturated carbocycles. The van der Waals surface area contributed by atoms with Gasteiger partial charge in [0.25, 0.3) is 0 Å². The van der Waals surface area contributed by atoms with Crippen LogP contribution in [-0.2, 0) is 12.7 Å². The number of fused-ring (bicyclic) bond motifs is 1. The predicted octanol–water partition coefficient (Wildman–Crippen LogP) is 7.38. The number of hydrogen-bond donors (Lipinski definition) is 1. The van der Waals surface area contributed by atoms with Crippen LogP contribution in [0.3, 0.4) is 0 Å². The first-order chi connectivity index (χ1) is 15.8. The van der Waals surface area contributed by atoms with Crippen molar-refractivity contribution in [3.8, 4) is 16.9 Å². The van der Waals surface area contributed by atoms with Crippen molar-refractivity contribution in [2.45, 2.75) is 26.6 Å². The Balaban J connectivity index is 1.69. The highest BCUT2D eigenvalue weighted by Gasteiger charge is 2.33. The fourth-order valence-corrected chi connectivity index (χ4v) is 3.86. The van der Waals surface area contributed by atoms with E-state index in [1.807, 2.05) is 38.1 Å². The first kappa shape index (κ1) is 22.6. The zero-order valence-electron chi connectivity index (χ0n) is 18.1. The van der Waals surface area contributed by atoms with Gasteiger partial charge in [0, 0.05) is 29.4 Å². The van der Waals surface area contributed by atoms with Crippen LogP contribution in [-0.4, -0.2) is 11.6 Å². The summed E-state index contributed by atoms with van der Waals surface area (Å²) < 4.78 is 60.2. The van der Waals surface area contributed by atoms with Gasteiger partial charge in [-0.05, 0) is 66.9 Å². The number of benzene rings is 3. The van der Waals surface area contributed by atoms with E-state index < -0.39 is 11.7 Å². The number of nitrogens with zero attached hydrogens (tertiary/aromatic N) is 1. The van der Waals surface area contributed by atoms with Crippen molar-refractivity contribution in [1.29, 1.82) is 0 Å². The first-order valence-corrected chi connectivity index (χ1v) is 10.5. The Labute approximate surface area is 189 Å². The SMILES string of the molecule is CCOc1ccc(F)c(CNc2cccc(-c3c(C)cnc4c(C(F)(F)F)cccc34)c2)c1. The second-order valence-electron chi connectivity index (χ2n) is 7.64. The third-order valence-corrected chi connectivity index (χ3v) is 5.35. The Kier molecular flexibility index (Phi) is 6.22. The number of aromatic nitrogens is 1. The summed E-state index contributed by atoms with van der Waals surface area (Å²) in [6.07, 6.45) is -3.04. The maximum Gasteiger partial charge on any atom is 0.418 e. The highest BCUT2D eigenvalue weighted by atomic mass is 19.4. The topological polar surface area (TPSA) is 34.1 Å². The van der Waals surface area contributed by atoms with Gasteiger partial charge in [0.15, 0.2) is 0 Å². The van der Waals surface area contributed by atoms with Crippen LogP contribution in [0, 0.1) is 12.7 Å². The van der Waals surface area contributed by atoms with Crippen molar-refractivity contribution in [3.05, 3.63) is 89.4 Å². The molecule has 0 spiro atoms. The van der Waals surface area contributed by atoms with Crippen molar-refractivity contribution in [2.75, 3.05) is 11.9 Å². The molecule has 1 heterocycles. The van der Waals surface area contributed by atoms with E-state index in [1.54, 1.807) is 18.2 Å². The minimum Gasteiger partial charge on any atom is -0.494 e. The van der Waals surface area contributed by atoms with Crippen LogP contribution < -0.4 is 10.1 Å². The zero-order chi connectivity index (χ0) is 23.6. The summed E-state index contributed by atoms with van der Waals surface area (Å²) in [5.41, 5.74) is 2.50. The Morgan fingerprint density at radius 1 is 1.00 bits per heavy atom. The molecule has 0 saturated heterocycles. The second kappa shape index (κ2) is 9.10. The summed E-state index contributed by atoms with van der Waals surface area (Å²) in [4.78, 5) is 4.08. The van der Waals surface area contributed by atoms with Gasteiger partial charge in [-0.2, -0.15) is 13.2 Å². The maximum absolute atomic E-state index is 14.2. The molecule has 1 N–H and O–H groups in total. The highest BCUT2D eigenvalue weighted by molar-refractivity contribution is 5.98. The molecule has 0 fully saturated rings. The lowest BCUT2D eigenvalue weighted by molar-refractivity contribution is -0.136. The molecule has 4 rings (SSSR count). The fraction of sp³-hybridized carbons (Fsp3) is 0.192. The second-order valence-corrected chi connectivity index (χ2v) is 7.64. The normalized spacial score (nSPS) is 11.6. The molecule has 0 bridgehead atoms. The minimum atomic E-state index is -4.50. The van der Waals surface area contributed by atoms with E-state index in [4.69, 9.17) is 4.74 Å². The molecule has 170 valence electrons. The summed E-state index contributed by atoms with van der Waals surface area (Å²) in [7, 11) is 0. The number of rotatable bonds is 6. The van der Waals surface area contributed by atoms with Gasteiger partial charge in [-0.15, -0.1) is 0 Å². The molecule has 33 heavy (non-hydrogen) atoms. The molecular weight excluding hydrogens is 432 g/mol. The number of anilines is 1. The molecular formula is C26H22F4N2O. The standard InChI is InChI=1S/C26H22F4N2O/c1-3-33-20-10-11-23(27)18(13-20)15-31-19-7-4-6-17(12-19)24-16(2)14-32-25-21(24)8-5-9-22(25)26(28,29)30/h4-14,31H,3,15H2,1-2H3. The molecule has 0 unspecified atom stereocenters. The molecule has 0 amide bonds. The van der Waals surface area contributed by atoms with Crippen LogP contribution in [0.15, 0.2) is 66.9 Å². The summed E-state index contributed by atoms with van der Waals surface area (Å²) in [5, 5.41) is 3.62. The monoisotopic (exact) mass is 454 g/mol. The van der Waals surface area contributed by atoms with Crippen LogP contribution in [0.25, 0.3) is 22.0 Å². The average molecular weight is 454 g/mol. The van der Waals surface area contributed by atoms with E-state index in [2.05, 4.69) is 10.3 Å². The number of halogens is 4. The number of alkyl halides is 3. The van der Waals surface area contributed by atoms with Gasteiger partial charge in [-0.3, -0.25) is 4.98 Å². The average Bonchev–Trinajstić information content (AvgIpc) is 2.78. The van der Waals surface area contributed by atoms with Gasteiger partial charge < -0.3 is 10.1 Å². The third-order valence-electron chi connectivity index (χ3n) is 5.35. The number of hydrogen-bond acceptors (Lipinski definition) is 3. The molecule has 7 heteroatoms. The van der Waals surface area contributed by atoms with Crippen LogP contribution in [0.4, 0.5) is 23.2 Å². The predicted molar refractivity (Wildman–Crippen MR) is 122 cm³/mol. The molecule has 0 radical (unpaired) electrons. The quantitative estimate of drug-likeness (QED) is 0.309. The Bertz CT molecular complexity index is 1300. The van der Waals surface area contributed by atoms with Gasteiger partial charge in [-0.25, -0.2) is 4.39 Å². The van der Waals surface area contributed by atoms with Crippen molar-refractivity contribution in [2.24, 2.45) is 0 Å². The van der Waals surface area contributed by atoms with Gasteiger partial charge in [0.1, 0.15) is 11.6 Å². The number of aryl methyl sites for hydroxylation is 1. The lowest BCUT2D eigenvalue weighted by Crippen LogP contribution is -2.07. The number of para-hydroxylation sites is 1. The van der Waals surface area contributed by atoms with Gasteiger partial charge in [0.05, 0.1) is 17.7 Å². The van der Waals surface area contributed by atoms with Crippen molar-refractivity contribution < 1.29 is 22.3 Å². The van der Waals surface area contributed by atoms with Gasteiger partial charge in [0.2, 0.25) is 0 Å². The third kappa shape index (κ3) is 4.77. The Morgan fingerprint density at radius 3 is 2.55 bits per heavy atom. The first-order valence-electron chi connectivity index (χ1n) is 10.5. The smallest absolute Gasteiger partial charge is 0.418 e. The summed E-state index contributed by atoms with van der Waals surface area (Å²) >= 11 is 0. The van der Waals surface area contributed by atoms with Crippen LogP contribution >= 0.6 is 0 Å². The fourth-order valence-electron chi connectivity index (χ4n) is 3.86. The van der Waals surface area contributed by atoms with E-state index in [1.165, 1.54) is 18.3 Å². The largest absolute Gasteiger partial charge is 0.494 e. The molecule has 0 aliphatic heterocycles. The molecule has 4 aromatic rings. The van der Waals surface area contributed by atoms with Crippen molar-refractivity contribution in [1.82, 2.24) is 4.98 Å². The van der Waals surface area contributed by atoms with E-state index >= 15 is 0 Å². The maximum atomic E-state index is 14.2. The van der Waals surface area contributed by atoms with Crippen molar-refractivity contribution >= 4 is 16.6 Å². The van der Waals surface area contributed by atoms with Crippen LogP contribution in [0.2, 0.25) is 0 Å². The highest BCUT2D eigenvalue weighted by Crippen LogP contribution is 2.38. The van der Waals surface area contributed by atoms with Crippen LogP contribution in [0.5, 0.6) is 5.75 Å². The number of ether oxygens (including phenoxy) is 1. The molecule has 3 nitrogen and oxygen atoms in total. The molecule has 0 atom stereocenters.